The fourth-order valence-electron chi connectivity index (χ4n) is 3.54. The molecule has 0 aliphatic carbocycles. The lowest BCUT2D eigenvalue weighted by molar-refractivity contribution is -0.437. The molecule has 126 valence electrons. The Morgan fingerprint density at radius 1 is 1.38 bits per heavy atom. The molecule has 2 heterocycles. The molecule has 1 fully saturated rings. The molecule has 1 saturated heterocycles. The molecule has 0 saturated carbocycles. The van der Waals surface area contributed by atoms with Gasteiger partial charge in [-0.15, -0.1) is 18.3 Å². The highest BCUT2D eigenvalue weighted by molar-refractivity contribution is 8.03. The summed E-state index contributed by atoms with van der Waals surface area (Å²) in [6.45, 7) is 10.8. The highest BCUT2D eigenvalue weighted by atomic mass is 32.2. The molecular formula is C21H27N2S+. The van der Waals surface area contributed by atoms with E-state index in [1.54, 1.807) is 0 Å². The van der Waals surface area contributed by atoms with Crippen LogP contribution >= 0.6 is 11.8 Å². The molecule has 1 aromatic rings. The monoisotopic (exact) mass is 339 g/mol. The van der Waals surface area contributed by atoms with E-state index in [4.69, 9.17) is 0 Å². The summed E-state index contributed by atoms with van der Waals surface area (Å²) in [6.07, 6.45) is 9.93. The fourth-order valence-corrected chi connectivity index (χ4v) is 4.60. The van der Waals surface area contributed by atoms with Gasteiger partial charge in [0.25, 0.3) is 0 Å². The lowest BCUT2D eigenvalue weighted by Crippen LogP contribution is -2.29. The highest BCUT2D eigenvalue weighted by Gasteiger charge is 2.45. The molecule has 2 aliphatic rings. The summed E-state index contributed by atoms with van der Waals surface area (Å²) in [7, 11) is 2.16. The zero-order valence-corrected chi connectivity index (χ0v) is 15.8. The Morgan fingerprint density at radius 3 is 2.83 bits per heavy atom. The van der Waals surface area contributed by atoms with Crippen molar-refractivity contribution in [2.75, 3.05) is 25.9 Å². The lowest BCUT2D eigenvalue weighted by atomic mass is 9.79. The van der Waals surface area contributed by atoms with Gasteiger partial charge in [0.15, 0.2) is 5.71 Å². The minimum atomic E-state index is -0.129. The molecule has 0 bridgehead atoms. The normalized spacial score (nSPS) is 25.1. The van der Waals surface area contributed by atoms with E-state index < -0.39 is 0 Å². The quantitative estimate of drug-likeness (QED) is 0.566. The molecule has 1 aromatic carbocycles. The third kappa shape index (κ3) is 2.86. The van der Waals surface area contributed by atoms with Crippen molar-refractivity contribution in [3.63, 3.8) is 0 Å². The number of fused-ring (bicyclic) bond motifs is 1. The van der Waals surface area contributed by atoms with Crippen molar-refractivity contribution >= 4 is 23.2 Å². The predicted octanol–water partition coefficient (Wildman–Crippen LogP) is 4.72. The Bertz CT molecular complexity index is 729. The first-order valence-corrected chi connectivity index (χ1v) is 9.70. The molecule has 0 radical (unpaired) electrons. The zero-order valence-electron chi connectivity index (χ0n) is 15.0. The van der Waals surface area contributed by atoms with Crippen molar-refractivity contribution in [1.82, 2.24) is 4.90 Å². The van der Waals surface area contributed by atoms with Crippen molar-refractivity contribution in [2.24, 2.45) is 0 Å². The SMILES string of the molecule is C=CC1(C)C(/C=C/C=C2\SCCN2C)=[N+](CCC)c2ccccc21. The Balaban J connectivity index is 2.02. The van der Waals surface area contributed by atoms with E-state index in [1.165, 1.54) is 27.7 Å². The zero-order chi connectivity index (χ0) is 17.2. The van der Waals surface area contributed by atoms with Crippen LogP contribution in [0.25, 0.3) is 0 Å². The molecule has 0 N–H and O–H groups in total. The molecule has 2 nitrogen and oxygen atoms in total. The van der Waals surface area contributed by atoms with Gasteiger partial charge in [-0.25, -0.2) is 0 Å². The second kappa shape index (κ2) is 7.02. The van der Waals surface area contributed by atoms with Crippen LogP contribution in [0, 0.1) is 0 Å². The standard InChI is InChI=1S/C21H27N2S/c1-5-14-23-18-11-8-7-10-17(18)21(3,6-2)19(23)12-9-13-20-22(4)15-16-24-20/h6-13H,2,5,14-16H2,1,3-4H3/q+1. The Kier molecular flexibility index (Phi) is 5.00. The second-order valence-corrected chi connectivity index (χ2v) is 7.71. The summed E-state index contributed by atoms with van der Waals surface area (Å²) in [5.74, 6) is 1.19. The summed E-state index contributed by atoms with van der Waals surface area (Å²) in [5.41, 5.74) is 3.87. The molecule has 0 aromatic heterocycles. The maximum absolute atomic E-state index is 4.15. The largest absolute Gasteiger partial charge is 0.369 e. The van der Waals surface area contributed by atoms with Crippen molar-refractivity contribution in [3.8, 4) is 0 Å². The van der Waals surface area contributed by atoms with E-state index in [-0.39, 0.29) is 5.41 Å². The Labute approximate surface area is 150 Å². The van der Waals surface area contributed by atoms with E-state index in [1.807, 2.05) is 11.8 Å². The molecule has 0 amide bonds. The van der Waals surface area contributed by atoms with Crippen LogP contribution in [-0.2, 0) is 5.41 Å². The smallest absolute Gasteiger partial charge is 0.210 e. The maximum Gasteiger partial charge on any atom is 0.210 e. The molecule has 3 heteroatoms. The first kappa shape index (κ1) is 17.1. The van der Waals surface area contributed by atoms with E-state index in [0.29, 0.717) is 0 Å². The van der Waals surface area contributed by atoms with Crippen LogP contribution in [-0.4, -0.2) is 41.1 Å². The van der Waals surface area contributed by atoms with Crippen LogP contribution in [0.5, 0.6) is 0 Å². The Hall–Kier alpha value is -1.74. The molecule has 24 heavy (non-hydrogen) atoms. The van der Waals surface area contributed by atoms with Gasteiger partial charge in [-0.3, -0.25) is 0 Å². The molecular weight excluding hydrogens is 312 g/mol. The van der Waals surface area contributed by atoms with Crippen molar-refractivity contribution in [1.29, 1.82) is 0 Å². The number of thioether (sulfide) groups is 1. The molecule has 3 rings (SSSR count). The van der Waals surface area contributed by atoms with Crippen LogP contribution in [0.2, 0.25) is 0 Å². The minimum Gasteiger partial charge on any atom is -0.369 e. The van der Waals surface area contributed by atoms with Gasteiger partial charge in [-0.05, 0) is 13.0 Å². The van der Waals surface area contributed by atoms with Crippen LogP contribution in [0.15, 0.2) is 60.2 Å². The molecule has 0 spiro atoms. The first-order chi connectivity index (χ1) is 11.6. The number of para-hydroxylation sites is 1. The minimum absolute atomic E-state index is 0.129. The number of benzene rings is 1. The van der Waals surface area contributed by atoms with E-state index in [2.05, 4.69) is 85.5 Å². The third-order valence-electron chi connectivity index (χ3n) is 4.98. The topological polar surface area (TPSA) is 6.25 Å². The molecule has 1 atom stereocenters. The highest BCUT2D eigenvalue weighted by Crippen LogP contribution is 2.41. The number of hydrogen-bond acceptors (Lipinski definition) is 2. The van der Waals surface area contributed by atoms with Crippen LogP contribution < -0.4 is 0 Å². The Morgan fingerprint density at radius 2 is 2.17 bits per heavy atom. The van der Waals surface area contributed by atoms with Gasteiger partial charge in [0, 0.05) is 43.5 Å². The van der Waals surface area contributed by atoms with Crippen LogP contribution in [0.4, 0.5) is 5.69 Å². The second-order valence-electron chi connectivity index (χ2n) is 6.59. The first-order valence-electron chi connectivity index (χ1n) is 8.72. The number of hydrogen-bond donors (Lipinski definition) is 0. The summed E-state index contributed by atoms with van der Waals surface area (Å²) in [6, 6.07) is 8.72. The van der Waals surface area contributed by atoms with E-state index in [9.17, 15) is 0 Å². The number of allylic oxidation sites excluding steroid dienone is 4. The van der Waals surface area contributed by atoms with Crippen LogP contribution in [0.1, 0.15) is 25.8 Å². The summed E-state index contributed by atoms with van der Waals surface area (Å²) in [5, 5.41) is 1.35. The van der Waals surface area contributed by atoms with Gasteiger partial charge < -0.3 is 4.90 Å². The summed E-state index contributed by atoms with van der Waals surface area (Å²) in [4.78, 5) is 2.32. The van der Waals surface area contributed by atoms with Crippen molar-refractivity contribution in [3.05, 3.63) is 65.7 Å². The summed E-state index contributed by atoms with van der Waals surface area (Å²) < 4.78 is 2.46. The van der Waals surface area contributed by atoms with Gasteiger partial charge in [0.2, 0.25) is 5.69 Å². The van der Waals surface area contributed by atoms with E-state index in [0.717, 1.165) is 19.5 Å². The summed E-state index contributed by atoms with van der Waals surface area (Å²) >= 11 is 1.93. The van der Waals surface area contributed by atoms with Gasteiger partial charge in [0.05, 0.1) is 5.03 Å². The lowest BCUT2D eigenvalue weighted by Gasteiger charge is -2.16. The third-order valence-corrected chi connectivity index (χ3v) is 6.11. The molecule has 2 aliphatic heterocycles. The number of nitrogens with zero attached hydrogens (tertiary/aromatic N) is 2. The fraction of sp³-hybridized carbons (Fsp3) is 0.381. The average molecular weight is 340 g/mol. The average Bonchev–Trinajstić information content (AvgIpc) is 3.10. The van der Waals surface area contributed by atoms with Crippen molar-refractivity contribution < 1.29 is 4.58 Å². The van der Waals surface area contributed by atoms with Gasteiger partial charge in [-0.1, -0.05) is 37.3 Å². The maximum atomic E-state index is 4.15. The van der Waals surface area contributed by atoms with Crippen LogP contribution in [0.3, 0.4) is 0 Å². The van der Waals surface area contributed by atoms with Crippen molar-refractivity contribution in [2.45, 2.75) is 25.7 Å². The van der Waals surface area contributed by atoms with Gasteiger partial charge >= 0.3 is 0 Å². The van der Waals surface area contributed by atoms with Gasteiger partial charge in [-0.2, -0.15) is 4.58 Å². The van der Waals surface area contributed by atoms with E-state index >= 15 is 0 Å². The molecule has 1 unspecified atom stereocenters. The number of rotatable bonds is 5. The predicted molar refractivity (Wildman–Crippen MR) is 106 cm³/mol. The van der Waals surface area contributed by atoms with Gasteiger partial charge in [0.1, 0.15) is 12.0 Å².